The third-order valence-electron chi connectivity index (χ3n) is 3.18. The first kappa shape index (κ1) is 9.77. The highest BCUT2D eigenvalue weighted by molar-refractivity contribution is 5.74. The minimum Gasteiger partial charge on any atom is -0.335 e. The lowest BCUT2D eigenvalue weighted by atomic mass is 9.93. The first-order chi connectivity index (χ1) is 6.75. The number of rotatable bonds is 1. The van der Waals surface area contributed by atoms with E-state index in [1.165, 1.54) is 6.42 Å². The van der Waals surface area contributed by atoms with Crippen LogP contribution < -0.4 is 11.1 Å². The molecule has 4 nitrogen and oxygen atoms in total. The van der Waals surface area contributed by atoms with Crippen molar-refractivity contribution in [2.75, 3.05) is 13.1 Å². The Morgan fingerprint density at radius 1 is 1.29 bits per heavy atom. The van der Waals surface area contributed by atoms with Gasteiger partial charge in [-0.3, -0.25) is 0 Å². The molecule has 4 heteroatoms. The predicted octanol–water partition coefficient (Wildman–Crippen LogP) is 0.672. The summed E-state index contributed by atoms with van der Waals surface area (Å²) in [5.41, 5.74) is 5.82. The number of likely N-dealkylation sites (tertiary alicyclic amines) is 1. The molecule has 1 saturated carbocycles. The van der Waals surface area contributed by atoms with Crippen molar-refractivity contribution >= 4 is 6.03 Å². The number of carbonyl (C=O) groups excluding carboxylic acids is 1. The molecule has 1 heterocycles. The highest BCUT2D eigenvalue weighted by atomic mass is 16.2. The second kappa shape index (κ2) is 4.17. The second-order valence-electron chi connectivity index (χ2n) is 4.43. The highest BCUT2D eigenvalue weighted by Gasteiger charge is 2.25. The molecule has 0 unspecified atom stereocenters. The SMILES string of the molecule is N[C@@H]1CCCN(C(=O)NC2CCC2)C1. The monoisotopic (exact) mass is 197 g/mol. The van der Waals surface area contributed by atoms with Gasteiger partial charge >= 0.3 is 6.03 Å². The Kier molecular flexibility index (Phi) is 2.91. The standard InChI is InChI=1S/C10H19N3O/c11-8-3-2-6-13(7-8)10(14)12-9-4-1-5-9/h8-9H,1-7,11H2,(H,12,14)/t8-/m1/s1. The summed E-state index contributed by atoms with van der Waals surface area (Å²) in [6.07, 6.45) is 5.63. The molecular formula is C10H19N3O. The third-order valence-corrected chi connectivity index (χ3v) is 3.18. The largest absolute Gasteiger partial charge is 0.335 e. The summed E-state index contributed by atoms with van der Waals surface area (Å²) < 4.78 is 0. The van der Waals surface area contributed by atoms with Gasteiger partial charge in [0.05, 0.1) is 0 Å². The fraction of sp³-hybridized carbons (Fsp3) is 0.900. The van der Waals surface area contributed by atoms with E-state index < -0.39 is 0 Å². The van der Waals surface area contributed by atoms with Crippen LogP contribution in [0.5, 0.6) is 0 Å². The molecule has 0 aromatic carbocycles. The smallest absolute Gasteiger partial charge is 0.317 e. The summed E-state index contributed by atoms with van der Waals surface area (Å²) in [6, 6.07) is 0.696. The van der Waals surface area contributed by atoms with Crippen LogP contribution in [0.15, 0.2) is 0 Å². The Morgan fingerprint density at radius 2 is 2.07 bits per heavy atom. The minimum absolute atomic E-state index is 0.0878. The zero-order valence-electron chi connectivity index (χ0n) is 8.54. The predicted molar refractivity (Wildman–Crippen MR) is 55.0 cm³/mol. The van der Waals surface area contributed by atoms with Gasteiger partial charge in [0.1, 0.15) is 0 Å². The van der Waals surface area contributed by atoms with Crippen molar-refractivity contribution in [1.82, 2.24) is 10.2 Å². The van der Waals surface area contributed by atoms with Gasteiger partial charge in [-0.05, 0) is 32.1 Å². The maximum atomic E-state index is 11.7. The van der Waals surface area contributed by atoms with Gasteiger partial charge in [0, 0.05) is 25.2 Å². The molecule has 80 valence electrons. The summed E-state index contributed by atoms with van der Waals surface area (Å²) in [4.78, 5) is 13.6. The lowest BCUT2D eigenvalue weighted by molar-refractivity contribution is 0.170. The lowest BCUT2D eigenvalue weighted by Crippen LogP contribution is -2.52. The molecule has 1 atom stereocenters. The van der Waals surface area contributed by atoms with E-state index in [2.05, 4.69) is 5.32 Å². The van der Waals surface area contributed by atoms with Crippen LogP contribution in [0.3, 0.4) is 0 Å². The van der Waals surface area contributed by atoms with Gasteiger partial charge in [0.25, 0.3) is 0 Å². The minimum atomic E-state index is 0.0878. The molecule has 1 aliphatic heterocycles. The first-order valence-corrected chi connectivity index (χ1v) is 5.57. The van der Waals surface area contributed by atoms with E-state index >= 15 is 0 Å². The van der Waals surface area contributed by atoms with Crippen LogP contribution >= 0.6 is 0 Å². The molecule has 0 spiro atoms. The molecule has 1 saturated heterocycles. The zero-order valence-corrected chi connectivity index (χ0v) is 8.54. The quantitative estimate of drug-likeness (QED) is 0.649. The van der Waals surface area contributed by atoms with E-state index in [9.17, 15) is 4.79 Å². The topological polar surface area (TPSA) is 58.4 Å². The highest BCUT2D eigenvalue weighted by Crippen LogP contribution is 2.18. The van der Waals surface area contributed by atoms with Crippen molar-refractivity contribution in [2.24, 2.45) is 5.73 Å². The van der Waals surface area contributed by atoms with Gasteiger partial charge in [-0.15, -0.1) is 0 Å². The Hall–Kier alpha value is -0.770. The number of piperidine rings is 1. The van der Waals surface area contributed by atoms with Crippen LogP contribution in [0.1, 0.15) is 32.1 Å². The maximum absolute atomic E-state index is 11.7. The van der Waals surface area contributed by atoms with Crippen LogP contribution in [-0.4, -0.2) is 36.1 Å². The van der Waals surface area contributed by atoms with E-state index in [0.717, 1.165) is 38.8 Å². The van der Waals surface area contributed by atoms with Crippen molar-refractivity contribution < 1.29 is 4.79 Å². The number of urea groups is 1. The summed E-state index contributed by atoms with van der Waals surface area (Å²) in [6.45, 7) is 1.59. The Bertz CT molecular complexity index is 215. The molecule has 0 radical (unpaired) electrons. The fourth-order valence-electron chi connectivity index (χ4n) is 2.01. The maximum Gasteiger partial charge on any atom is 0.317 e. The molecule has 2 rings (SSSR count). The number of nitrogens with two attached hydrogens (primary N) is 1. The van der Waals surface area contributed by atoms with E-state index in [4.69, 9.17) is 5.73 Å². The Morgan fingerprint density at radius 3 is 2.64 bits per heavy atom. The molecule has 14 heavy (non-hydrogen) atoms. The van der Waals surface area contributed by atoms with Crippen molar-refractivity contribution in [3.05, 3.63) is 0 Å². The van der Waals surface area contributed by atoms with Gasteiger partial charge in [0.2, 0.25) is 0 Å². The van der Waals surface area contributed by atoms with Gasteiger partial charge in [-0.1, -0.05) is 0 Å². The zero-order chi connectivity index (χ0) is 9.97. The average Bonchev–Trinajstić information content (AvgIpc) is 2.11. The number of amides is 2. The molecule has 2 aliphatic rings. The molecule has 1 aliphatic carbocycles. The number of hydrogen-bond acceptors (Lipinski definition) is 2. The van der Waals surface area contributed by atoms with Crippen molar-refractivity contribution in [2.45, 2.75) is 44.2 Å². The summed E-state index contributed by atoms with van der Waals surface area (Å²) in [7, 11) is 0. The lowest BCUT2D eigenvalue weighted by Gasteiger charge is -2.34. The van der Waals surface area contributed by atoms with Crippen LogP contribution in [0.25, 0.3) is 0 Å². The molecule has 0 aromatic heterocycles. The van der Waals surface area contributed by atoms with E-state index in [1.54, 1.807) is 0 Å². The molecule has 2 amide bonds. The van der Waals surface area contributed by atoms with Gasteiger partial charge in [-0.2, -0.15) is 0 Å². The van der Waals surface area contributed by atoms with Crippen molar-refractivity contribution in [1.29, 1.82) is 0 Å². The third kappa shape index (κ3) is 2.18. The summed E-state index contributed by atoms with van der Waals surface area (Å²) in [5, 5.41) is 3.04. The second-order valence-corrected chi connectivity index (χ2v) is 4.43. The first-order valence-electron chi connectivity index (χ1n) is 5.57. The van der Waals surface area contributed by atoms with Gasteiger partial charge in [0.15, 0.2) is 0 Å². The van der Waals surface area contributed by atoms with E-state index in [-0.39, 0.29) is 12.1 Å². The molecular weight excluding hydrogens is 178 g/mol. The van der Waals surface area contributed by atoms with E-state index in [0.29, 0.717) is 6.04 Å². The van der Waals surface area contributed by atoms with Crippen LogP contribution in [0, 0.1) is 0 Å². The number of carbonyl (C=O) groups is 1. The number of hydrogen-bond donors (Lipinski definition) is 2. The average molecular weight is 197 g/mol. The Labute approximate surface area is 84.8 Å². The van der Waals surface area contributed by atoms with E-state index in [1.807, 2.05) is 4.90 Å². The van der Waals surface area contributed by atoms with Gasteiger partial charge < -0.3 is 16.0 Å². The Balaban J connectivity index is 1.77. The number of nitrogens with one attached hydrogen (secondary N) is 1. The molecule has 3 N–H and O–H groups in total. The normalized spacial score (nSPS) is 28.4. The van der Waals surface area contributed by atoms with Crippen LogP contribution in [0.2, 0.25) is 0 Å². The van der Waals surface area contributed by atoms with Crippen LogP contribution in [-0.2, 0) is 0 Å². The molecule has 0 bridgehead atoms. The number of nitrogens with zero attached hydrogens (tertiary/aromatic N) is 1. The summed E-state index contributed by atoms with van der Waals surface area (Å²) >= 11 is 0. The summed E-state index contributed by atoms with van der Waals surface area (Å²) in [5.74, 6) is 0. The molecule has 2 fully saturated rings. The van der Waals surface area contributed by atoms with Crippen LogP contribution in [0.4, 0.5) is 4.79 Å². The van der Waals surface area contributed by atoms with Gasteiger partial charge in [-0.25, -0.2) is 4.79 Å². The fourth-order valence-corrected chi connectivity index (χ4v) is 2.01. The molecule has 0 aromatic rings. The van der Waals surface area contributed by atoms with Crippen molar-refractivity contribution in [3.63, 3.8) is 0 Å². The van der Waals surface area contributed by atoms with Crippen molar-refractivity contribution in [3.8, 4) is 0 Å².